The summed E-state index contributed by atoms with van der Waals surface area (Å²) in [6.07, 6.45) is 6.66. The Morgan fingerprint density at radius 3 is 2.90 bits per heavy atom. The lowest BCUT2D eigenvalue weighted by Crippen LogP contribution is -2.43. The first-order valence-corrected chi connectivity index (χ1v) is 8.13. The molecule has 1 N–H and O–H groups in total. The molecule has 1 aliphatic heterocycles. The van der Waals surface area contributed by atoms with Gasteiger partial charge in [-0.2, -0.15) is 0 Å². The molecule has 21 heavy (non-hydrogen) atoms. The number of rotatable bonds is 2. The van der Waals surface area contributed by atoms with Gasteiger partial charge in [0.15, 0.2) is 0 Å². The standard InChI is InChI=1S/C18H22N2O/c21-12-15-11-14-5-1-2-8-16(14)18(19-15)20-10-4-7-13-6-3-9-17(13)20/h1-2,5,8,11,13,17,21H,3-4,6-7,9-10,12H2. The van der Waals surface area contributed by atoms with Gasteiger partial charge < -0.3 is 10.0 Å². The van der Waals surface area contributed by atoms with Crippen molar-refractivity contribution in [3.63, 3.8) is 0 Å². The molecule has 1 aliphatic carbocycles. The molecule has 2 atom stereocenters. The van der Waals surface area contributed by atoms with Gasteiger partial charge in [0.05, 0.1) is 12.3 Å². The molecule has 0 amide bonds. The zero-order valence-electron chi connectivity index (χ0n) is 12.3. The van der Waals surface area contributed by atoms with E-state index in [1.807, 2.05) is 6.07 Å². The minimum atomic E-state index is 0.0137. The number of benzene rings is 1. The van der Waals surface area contributed by atoms with Crippen molar-refractivity contribution in [3.05, 3.63) is 36.0 Å². The van der Waals surface area contributed by atoms with E-state index in [2.05, 4.69) is 29.2 Å². The van der Waals surface area contributed by atoms with E-state index >= 15 is 0 Å². The van der Waals surface area contributed by atoms with Gasteiger partial charge in [-0.1, -0.05) is 30.7 Å². The van der Waals surface area contributed by atoms with Gasteiger partial charge >= 0.3 is 0 Å². The van der Waals surface area contributed by atoms with Crippen molar-refractivity contribution in [2.75, 3.05) is 11.4 Å². The number of piperidine rings is 1. The first-order chi connectivity index (χ1) is 10.4. The topological polar surface area (TPSA) is 36.4 Å². The van der Waals surface area contributed by atoms with Crippen LogP contribution in [0.2, 0.25) is 0 Å². The molecule has 0 bridgehead atoms. The Morgan fingerprint density at radius 2 is 2.00 bits per heavy atom. The van der Waals surface area contributed by atoms with Gasteiger partial charge in [0.1, 0.15) is 5.82 Å². The van der Waals surface area contributed by atoms with E-state index in [0.717, 1.165) is 24.0 Å². The smallest absolute Gasteiger partial charge is 0.137 e. The fourth-order valence-electron chi connectivity index (χ4n) is 4.25. The number of nitrogens with zero attached hydrogens (tertiary/aromatic N) is 2. The Hall–Kier alpha value is -1.61. The molecule has 1 saturated heterocycles. The van der Waals surface area contributed by atoms with E-state index in [1.165, 1.54) is 42.9 Å². The number of aromatic nitrogens is 1. The third-order valence-electron chi connectivity index (χ3n) is 5.20. The van der Waals surface area contributed by atoms with Gasteiger partial charge in [-0.3, -0.25) is 0 Å². The van der Waals surface area contributed by atoms with Crippen LogP contribution in [0.5, 0.6) is 0 Å². The Balaban J connectivity index is 1.84. The molecule has 1 aromatic heterocycles. The van der Waals surface area contributed by atoms with Crippen LogP contribution < -0.4 is 4.90 Å². The highest BCUT2D eigenvalue weighted by Crippen LogP contribution is 2.40. The molecular formula is C18H22N2O. The fourth-order valence-corrected chi connectivity index (χ4v) is 4.25. The molecule has 2 aliphatic rings. The third kappa shape index (κ3) is 2.20. The second-order valence-corrected chi connectivity index (χ2v) is 6.41. The number of fused-ring (bicyclic) bond motifs is 2. The van der Waals surface area contributed by atoms with Gasteiger partial charge in [0.2, 0.25) is 0 Å². The summed E-state index contributed by atoms with van der Waals surface area (Å²) >= 11 is 0. The zero-order valence-corrected chi connectivity index (χ0v) is 12.3. The van der Waals surface area contributed by atoms with Crippen molar-refractivity contribution in [2.24, 2.45) is 5.92 Å². The van der Waals surface area contributed by atoms with Gasteiger partial charge in [-0.05, 0) is 43.1 Å². The lowest BCUT2D eigenvalue weighted by Gasteiger charge is -2.39. The minimum absolute atomic E-state index is 0.0137. The van der Waals surface area contributed by atoms with Crippen molar-refractivity contribution >= 4 is 16.6 Å². The molecule has 2 fully saturated rings. The molecule has 2 unspecified atom stereocenters. The highest BCUT2D eigenvalue weighted by molar-refractivity contribution is 5.92. The van der Waals surface area contributed by atoms with Crippen LogP contribution >= 0.6 is 0 Å². The molecule has 1 saturated carbocycles. The molecule has 0 spiro atoms. The highest BCUT2D eigenvalue weighted by Gasteiger charge is 2.36. The van der Waals surface area contributed by atoms with Crippen molar-refractivity contribution in [2.45, 2.75) is 44.8 Å². The number of pyridine rings is 1. The Kier molecular flexibility index (Phi) is 3.30. The van der Waals surface area contributed by atoms with Crippen LogP contribution in [-0.2, 0) is 6.61 Å². The van der Waals surface area contributed by atoms with E-state index in [1.54, 1.807) is 0 Å². The van der Waals surface area contributed by atoms with Crippen LogP contribution in [0.4, 0.5) is 5.82 Å². The van der Waals surface area contributed by atoms with Gasteiger partial charge in [0.25, 0.3) is 0 Å². The van der Waals surface area contributed by atoms with Crippen LogP contribution in [0.15, 0.2) is 30.3 Å². The summed E-state index contributed by atoms with van der Waals surface area (Å²) in [5.41, 5.74) is 0.781. The van der Waals surface area contributed by atoms with Crippen LogP contribution in [-0.4, -0.2) is 22.7 Å². The van der Waals surface area contributed by atoms with E-state index in [-0.39, 0.29) is 6.61 Å². The first-order valence-electron chi connectivity index (χ1n) is 8.13. The first kappa shape index (κ1) is 13.1. The average Bonchev–Trinajstić information content (AvgIpc) is 3.02. The Labute approximate surface area is 125 Å². The van der Waals surface area contributed by atoms with E-state index in [9.17, 15) is 5.11 Å². The van der Waals surface area contributed by atoms with Crippen LogP contribution in [0.25, 0.3) is 10.8 Å². The lowest BCUT2D eigenvalue weighted by molar-refractivity contribution is 0.277. The molecule has 110 valence electrons. The Morgan fingerprint density at radius 1 is 1.14 bits per heavy atom. The third-order valence-corrected chi connectivity index (χ3v) is 5.20. The Bertz CT molecular complexity index is 655. The predicted molar refractivity (Wildman–Crippen MR) is 85.4 cm³/mol. The second kappa shape index (κ2) is 5.30. The van der Waals surface area contributed by atoms with Crippen molar-refractivity contribution in [1.29, 1.82) is 0 Å². The molecular weight excluding hydrogens is 260 g/mol. The summed E-state index contributed by atoms with van der Waals surface area (Å²) in [7, 11) is 0. The van der Waals surface area contributed by atoms with Crippen molar-refractivity contribution in [1.82, 2.24) is 4.98 Å². The summed E-state index contributed by atoms with van der Waals surface area (Å²) in [6.45, 7) is 1.12. The molecule has 0 radical (unpaired) electrons. The second-order valence-electron chi connectivity index (χ2n) is 6.41. The summed E-state index contributed by atoms with van der Waals surface area (Å²) in [5, 5.41) is 11.9. The maximum absolute atomic E-state index is 9.53. The molecule has 3 heteroatoms. The predicted octanol–water partition coefficient (Wildman–Crippen LogP) is 3.50. The maximum Gasteiger partial charge on any atom is 0.137 e. The quantitative estimate of drug-likeness (QED) is 0.916. The van der Waals surface area contributed by atoms with Crippen LogP contribution in [0.3, 0.4) is 0 Å². The fraction of sp³-hybridized carbons (Fsp3) is 0.500. The van der Waals surface area contributed by atoms with E-state index in [0.29, 0.717) is 6.04 Å². The SMILES string of the molecule is OCc1cc2ccccc2c(N2CCCC3CCCC32)n1. The molecule has 2 aromatic rings. The average molecular weight is 282 g/mol. The van der Waals surface area contributed by atoms with Gasteiger partial charge in [0, 0.05) is 18.0 Å². The number of hydrogen-bond donors (Lipinski definition) is 1. The monoisotopic (exact) mass is 282 g/mol. The highest BCUT2D eigenvalue weighted by atomic mass is 16.3. The summed E-state index contributed by atoms with van der Waals surface area (Å²) in [4.78, 5) is 7.31. The molecule has 4 rings (SSSR count). The summed E-state index contributed by atoms with van der Waals surface area (Å²) < 4.78 is 0. The largest absolute Gasteiger partial charge is 0.390 e. The molecule has 2 heterocycles. The van der Waals surface area contributed by atoms with E-state index in [4.69, 9.17) is 4.98 Å². The lowest BCUT2D eigenvalue weighted by atomic mass is 9.91. The number of aliphatic hydroxyl groups is 1. The molecule has 1 aromatic carbocycles. The molecule has 3 nitrogen and oxygen atoms in total. The van der Waals surface area contributed by atoms with E-state index < -0.39 is 0 Å². The zero-order chi connectivity index (χ0) is 14.2. The number of hydrogen-bond acceptors (Lipinski definition) is 3. The minimum Gasteiger partial charge on any atom is -0.390 e. The van der Waals surface area contributed by atoms with Crippen molar-refractivity contribution in [3.8, 4) is 0 Å². The van der Waals surface area contributed by atoms with Gasteiger partial charge in [-0.25, -0.2) is 4.98 Å². The summed E-state index contributed by atoms with van der Waals surface area (Å²) in [6, 6.07) is 11.1. The van der Waals surface area contributed by atoms with Crippen LogP contribution in [0.1, 0.15) is 37.8 Å². The maximum atomic E-state index is 9.53. The van der Waals surface area contributed by atoms with Crippen molar-refractivity contribution < 1.29 is 5.11 Å². The van der Waals surface area contributed by atoms with Gasteiger partial charge in [-0.15, -0.1) is 0 Å². The normalized spacial score (nSPS) is 25.3. The number of aliphatic hydroxyl groups excluding tert-OH is 1. The number of anilines is 1. The van der Waals surface area contributed by atoms with Crippen LogP contribution in [0, 0.1) is 5.92 Å². The summed E-state index contributed by atoms with van der Waals surface area (Å²) in [5.74, 6) is 1.94.